The molecule has 2 atom stereocenters. The largest absolute Gasteiger partial charge is 0.444 e. The number of ether oxygens (including phenoxy) is 1. The zero-order chi connectivity index (χ0) is 15.6. The summed E-state index contributed by atoms with van der Waals surface area (Å²) in [5.41, 5.74) is 5.97. The molecule has 1 aromatic rings. The maximum absolute atomic E-state index is 12.2. The summed E-state index contributed by atoms with van der Waals surface area (Å²) in [5, 5.41) is 0. The van der Waals surface area contributed by atoms with Crippen molar-refractivity contribution in [3.05, 3.63) is 35.9 Å². The molecule has 21 heavy (non-hydrogen) atoms. The second-order valence-electron chi connectivity index (χ2n) is 6.41. The van der Waals surface area contributed by atoms with Gasteiger partial charge >= 0.3 is 6.09 Å². The van der Waals surface area contributed by atoms with Crippen LogP contribution in [0.2, 0.25) is 0 Å². The lowest BCUT2D eigenvalue weighted by Gasteiger charge is -2.24. The summed E-state index contributed by atoms with van der Waals surface area (Å²) in [4.78, 5) is 25.4. The van der Waals surface area contributed by atoms with Crippen molar-refractivity contribution in [2.45, 2.75) is 32.3 Å². The third-order valence-electron chi connectivity index (χ3n) is 3.56. The smallest absolute Gasteiger partial charge is 0.410 e. The number of nitrogens with zero attached hydrogens (tertiary/aromatic N) is 1. The predicted octanol–water partition coefficient (Wildman–Crippen LogP) is 2.12. The van der Waals surface area contributed by atoms with E-state index in [1.807, 2.05) is 51.1 Å². The summed E-state index contributed by atoms with van der Waals surface area (Å²) in [7, 11) is 0. The Bertz CT molecular complexity index is 522. The number of carbonyl (C=O) groups is 2. The fourth-order valence-corrected chi connectivity index (χ4v) is 2.61. The first-order valence-electron chi connectivity index (χ1n) is 7.10. The Hall–Kier alpha value is -2.04. The molecule has 0 unspecified atom stereocenters. The van der Waals surface area contributed by atoms with Crippen LogP contribution in [0, 0.1) is 5.92 Å². The van der Waals surface area contributed by atoms with E-state index in [-0.39, 0.29) is 17.7 Å². The second kappa shape index (κ2) is 5.76. The Morgan fingerprint density at radius 3 is 2.33 bits per heavy atom. The van der Waals surface area contributed by atoms with Crippen LogP contribution in [0.3, 0.4) is 0 Å². The average Bonchev–Trinajstić information content (AvgIpc) is 2.83. The van der Waals surface area contributed by atoms with Crippen LogP contribution in [-0.4, -0.2) is 35.6 Å². The van der Waals surface area contributed by atoms with Crippen LogP contribution in [0.5, 0.6) is 0 Å². The first kappa shape index (κ1) is 15.4. The Labute approximate surface area is 125 Å². The van der Waals surface area contributed by atoms with E-state index < -0.39 is 11.7 Å². The second-order valence-corrected chi connectivity index (χ2v) is 6.41. The molecule has 1 saturated heterocycles. The molecule has 2 N–H and O–H groups in total. The van der Waals surface area contributed by atoms with Crippen LogP contribution in [0.4, 0.5) is 4.79 Å². The highest BCUT2D eigenvalue weighted by Crippen LogP contribution is 2.33. The molecule has 2 rings (SSSR count). The summed E-state index contributed by atoms with van der Waals surface area (Å²) < 4.78 is 5.37. The van der Waals surface area contributed by atoms with Gasteiger partial charge in [0.2, 0.25) is 5.91 Å². The fraction of sp³-hybridized carbons (Fsp3) is 0.500. The number of likely N-dealkylation sites (tertiary alicyclic amines) is 1. The number of primary amides is 1. The minimum absolute atomic E-state index is 0.0729. The molecule has 5 heteroatoms. The van der Waals surface area contributed by atoms with E-state index in [1.165, 1.54) is 0 Å². The molecule has 0 spiro atoms. The lowest BCUT2D eigenvalue weighted by atomic mass is 9.89. The number of carbonyl (C=O) groups excluding carboxylic acids is 2. The Balaban J connectivity index is 2.16. The van der Waals surface area contributed by atoms with Gasteiger partial charge in [-0.2, -0.15) is 0 Å². The highest BCUT2D eigenvalue weighted by Gasteiger charge is 2.40. The molecule has 1 aliphatic heterocycles. The van der Waals surface area contributed by atoms with Crippen molar-refractivity contribution in [1.82, 2.24) is 4.90 Å². The predicted molar refractivity (Wildman–Crippen MR) is 79.7 cm³/mol. The molecule has 0 saturated carbocycles. The Kier molecular flexibility index (Phi) is 4.21. The van der Waals surface area contributed by atoms with Gasteiger partial charge in [0, 0.05) is 19.0 Å². The molecule has 114 valence electrons. The third kappa shape index (κ3) is 3.74. The molecule has 2 amide bonds. The molecular formula is C16H22N2O3. The van der Waals surface area contributed by atoms with Crippen molar-refractivity contribution in [3.8, 4) is 0 Å². The van der Waals surface area contributed by atoms with E-state index >= 15 is 0 Å². The lowest BCUT2D eigenvalue weighted by molar-refractivity contribution is -0.121. The van der Waals surface area contributed by atoms with E-state index in [0.29, 0.717) is 13.1 Å². The summed E-state index contributed by atoms with van der Waals surface area (Å²) in [6, 6.07) is 9.68. The van der Waals surface area contributed by atoms with Crippen LogP contribution in [-0.2, 0) is 9.53 Å². The highest BCUT2D eigenvalue weighted by atomic mass is 16.6. The molecule has 0 aromatic heterocycles. The summed E-state index contributed by atoms with van der Waals surface area (Å²) in [5.74, 6) is -0.828. The summed E-state index contributed by atoms with van der Waals surface area (Å²) in [6.45, 7) is 6.22. The standard InChI is InChI=1S/C16H22N2O3/c1-16(2,3)21-15(20)18-9-12(13(10-18)14(17)19)11-7-5-4-6-8-11/h4-8,12-13H,9-10H2,1-3H3,(H2,17,19)/t12-,13+/m0/s1. The number of hydrogen-bond acceptors (Lipinski definition) is 3. The average molecular weight is 290 g/mol. The van der Waals surface area contributed by atoms with Crippen LogP contribution in [0.15, 0.2) is 30.3 Å². The molecule has 0 radical (unpaired) electrons. The molecule has 0 bridgehead atoms. The SMILES string of the molecule is CC(C)(C)OC(=O)N1C[C@@H](C(N)=O)[C@H](c2ccccc2)C1. The number of rotatable bonds is 2. The third-order valence-corrected chi connectivity index (χ3v) is 3.56. The number of benzene rings is 1. The highest BCUT2D eigenvalue weighted by molar-refractivity contribution is 5.80. The maximum atomic E-state index is 12.2. The van der Waals surface area contributed by atoms with E-state index in [2.05, 4.69) is 0 Å². The van der Waals surface area contributed by atoms with Crippen molar-refractivity contribution in [3.63, 3.8) is 0 Å². The molecular weight excluding hydrogens is 268 g/mol. The van der Waals surface area contributed by atoms with Gasteiger partial charge in [-0.25, -0.2) is 4.79 Å². The summed E-state index contributed by atoms with van der Waals surface area (Å²) in [6.07, 6.45) is -0.396. The Morgan fingerprint density at radius 1 is 1.19 bits per heavy atom. The maximum Gasteiger partial charge on any atom is 0.410 e. The summed E-state index contributed by atoms with van der Waals surface area (Å²) >= 11 is 0. The fourth-order valence-electron chi connectivity index (χ4n) is 2.61. The van der Waals surface area contributed by atoms with Gasteiger partial charge in [-0.3, -0.25) is 4.79 Å². The van der Waals surface area contributed by atoms with Gasteiger partial charge in [-0.05, 0) is 26.3 Å². The van der Waals surface area contributed by atoms with Crippen molar-refractivity contribution in [1.29, 1.82) is 0 Å². The van der Waals surface area contributed by atoms with Crippen LogP contribution in [0.25, 0.3) is 0 Å². The molecule has 1 aromatic carbocycles. The van der Waals surface area contributed by atoms with E-state index in [1.54, 1.807) is 4.90 Å². The van der Waals surface area contributed by atoms with Gasteiger partial charge in [-0.15, -0.1) is 0 Å². The van der Waals surface area contributed by atoms with Gasteiger partial charge in [0.25, 0.3) is 0 Å². The zero-order valence-corrected chi connectivity index (χ0v) is 12.7. The number of hydrogen-bond donors (Lipinski definition) is 1. The topological polar surface area (TPSA) is 72.6 Å². The number of amides is 2. The van der Waals surface area contributed by atoms with Gasteiger partial charge < -0.3 is 15.4 Å². The van der Waals surface area contributed by atoms with Crippen molar-refractivity contribution in [2.75, 3.05) is 13.1 Å². The normalized spacial score (nSPS) is 22.1. The van der Waals surface area contributed by atoms with Crippen molar-refractivity contribution < 1.29 is 14.3 Å². The number of nitrogens with two attached hydrogens (primary N) is 1. The molecule has 0 aliphatic carbocycles. The first-order valence-corrected chi connectivity index (χ1v) is 7.10. The Morgan fingerprint density at radius 2 is 1.81 bits per heavy atom. The van der Waals surface area contributed by atoms with Crippen LogP contribution < -0.4 is 5.73 Å². The van der Waals surface area contributed by atoms with Crippen LogP contribution in [0.1, 0.15) is 32.3 Å². The van der Waals surface area contributed by atoms with Crippen molar-refractivity contribution in [2.24, 2.45) is 11.7 Å². The molecule has 1 heterocycles. The van der Waals surface area contributed by atoms with Gasteiger partial charge in [0.15, 0.2) is 0 Å². The van der Waals surface area contributed by atoms with Crippen LogP contribution >= 0.6 is 0 Å². The van der Waals surface area contributed by atoms with Crippen molar-refractivity contribution >= 4 is 12.0 Å². The minimum atomic E-state index is -0.551. The zero-order valence-electron chi connectivity index (χ0n) is 12.7. The molecule has 1 fully saturated rings. The van der Waals surface area contributed by atoms with Gasteiger partial charge in [0.05, 0.1) is 5.92 Å². The van der Waals surface area contributed by atoms with E-state index in [9.17, 15) is 9.59 Å². The minimum Gasteiger partial charge on any atom is -0.444 e. The lowest BCUT2D eigenvalue weighted by Crippen LogP contribution is -2.36. The molecule has 1 aliphatic rings. The molecule has 5 nitrogen and oxygen atoms in total. The van der Waals surface area contributed by atoms with Gasteiger partial charge in [0.1, 0.15) is 5.60 Å². The monoisotopic (exact) mass is 290 g/mol. The van der Waals surface area contributed by atoms with E-state index in [0.717, 1.165) is 5.56 Å². The first-order chi connectivity index (χ1) is 9.78. The van der Waals surface area contributed by atoms with E-state index in [4.69, 9.17) is 10.5 Å². The van der Waals surface area contributed by atoms with Gasteiger partial charge in [-0.1, -0.05) is 30.3 Å². The quantitative estimate of drug-likeness (QED) is 0.906.